The Morgan fingerprint density at radius 3 is 2.50 bits per heavy atom. The maximum atomic E-state index is 14.1. The molecule has 0 aliphatic carbocycles. The van der Waals surface area contributed by atoms with Crippen LogP contribution in [0.3, 0.4) is 0 Å². The zero-order valence-electron chi connectivity index (χ0n) is 14.6. The Kier molecular flexibility index (Phi) is 4.54. The first-order valence-corrected chi connectivity index (χ1v) is 9.92. The number of primary sulfonamides is 1. The van der Waals surface area contributed by atoms with Crippen LogP contribution in [0.5, 0.6) is 0 Å². The first-order valence-electron chi connectivity index (χ1n) is 8.37. The molecule has 2 aromatic heterocycles. The lowest BCUT2D eigenvalue weighted by atomic mass is 10.1. The summed E-state index contributed by atoms with van der Waals surface area (Å²) in [5.41, 5.74) is 2.42. The molecule has 4 rings (SSSR count). The Morgan fingerprint density at radius 1 is 1.04 bits per heavy atom. The van der Waals surface area contributed by atoms with Crippen LogP contribution in [-0.2, 0) is 16.6 Å². The minimum Gasteiger partial charge on any atom is -0.365 e. The highest BCUT2D eigenvalue weighted by atomic mass is 32.2. The van der Waals surface area contributed by atoms with Gasteiger partial charge in [-0.15, -0.1) is 5.10 Å². The first kappa shape index (κ1) is 18.1. The number of hydrogen-bond acceptors (Lipinski definition) is 5. The SMILES string of the molecule is NS(=O)(=O)c1ccc(CNc2ccc3ncc(-c4ccccc4F)n3n2)cc1. The summed E-state index contributed by atoms with van der Waals surface area (Å²) in [7, 11) is -3.71. The van der Waals surface area contributed by atoms with Gasteiger partial charge in [0.25, 0.3) is 0 Å². The fourth-order valence-electron chi connectivity index (χ4n) is 2.81. The zero-order valence-corrected chi connectivity index (χ0v) is 15.4. The van der Waals surface area contributed by atoms with E-state index in [-0.39, 0.29) is 10.7 Å². The Labute approximate surface area is 160 Å². The molecule has 0 spiro atoms. The molecule has 0 aliphatic rings. The summed E-state index contributed by atoms with van der Waals surface area (Å²) >= 11 is 0. The van der Waals surface area contributed by atoms with Crippen LogP contribution in [0.1, 0.15) is 5.56 Å². The quantitative estimate of drug-likeness (QED) is 0.539. The van der Waals surface area contributed by atoms with Crippen LogP contribution in [0.4, 0.5) is 10.2 Å². The van der Waals surface area contributed by atoms with Crippen LogP contribution in [0, 0.1) is 5.82 Å². The van der Waals surface area contributed by atoms with Crippen LogP contribution in [0.2, 0.25) is 0 Å². The Bertz CT molecular complexity index is 1250. The molecule has 0 atom stereocenters. The molecule has 0 unspecified atom stereocenters. The van der Waals surface area contributed by atoms with Crippen LogP contribution in [-0.4, -0.2) is 23.0 Å². The van der Waals surface area contributed by atoms with Gasteiger partial charge in [-0.2, -0.15) is 0 Å². The summed E-state index contributed by atoms with van der Waals surface area (Å²) in [6.45, 7) is 0.424. The molecule has 0 bridgehead atoms. The van der Waals surface area contributed by atoms with Crippen molar-refractivity contribution in [2.24, 2.45) is 5.14 Å². The number of aromatic nitrogens is 3. The van der Waals surface area contributed by atoms with Gasteiger partial charge in [-0.05, 0) is 42.0 Å². The number of rotatable bonds is 5. The summed E-state index contributed by atoms with van der Waals surface area (Å²) < 4.78 is 38.3. The van der Waals surface area contributed by atoms with Gasteiger partial charge in [0.05, 0.1) is 16.8 Å². The van der Waals surface area contributed by atoms with Crippen molar-refractivity contribution >= 4 is 21.5 Å². The van der Waals surface area contributed by atoms with Gasteiger partial charge in [-0.1, -0.05) is 24.3 Å². The molecule has 0 radical (unpaired) electrons. The van der Waals surface area contributed by atoms with Crippen LogP contribution in [0.15, 0.2) is 71.8 Å². The Balaban J connectivity index is 1.58. The second-order valence-corrected chi connectivity index (χ2v) is 7.72. The average Bonchev–Trinajstić information content (AvgIpc) is 3.09. The van der Waals surface area contributed by atoms with E-state index >= 15 is 0 Å². The number of benzene rings is 2. The number of nitrogens with two attached hydrogens (primary N) is 1. The van der Waals surface area contributed by atoms with E-state index in [1.165, 1.54) is 18.2 Å². The van der Waals surface area contributed by atoms with E-state index in [0.717, 1.165) is 5.56 Å². The van der Waals surface area contributed by atoms with E-state index in [0.29, 0.717) is 29.3 Å². The van der Waals surface area contributed by atoms with E-state index in [4.69, 9.17) is 5.14 Å². The summed E-state index contributed by atoms with van der Waals surface area (Å²) in [5.74, 6) is 0.220. The summed E-state index contributed by atoms with van der Waals surface area (Å²) in [6.07, 6.45) is 1.58. The lowest BCUT2D eigenvalue weighted by molar-refractivity contribution is 0.597. The molecular formula is C19H16FN5O2S. The standard InChI is InChI=1S/C19H16FN5O2S/c20-16-4-2-1-3-15(16)17-12-23-19-10-9-18(24-25(17)19)22-11-13-5-7-14(8-6-13)28(21,26)27/h1-10,12H,11H2,(H,22,24)(H2,21,26,27). The lowest BCUT2D eigenvalue weighted by Gasteiger charge is -2.08. The fourth-order valence-corrected chi connectivity index (χ4v) is 3.33. The lowest BCUT2D eigenvalue weighted by Crippen LogP contribution is -2.12. The number of hydrogen-bond donors (Lipinski definition) is 2. The second kappa shape index (κ2) is 7.02. The van der Waals surface area contributed by atoms with E-state index in [2.05, 4.69) is 15.4 Å². The number of imidazole rings is 1. The molecule has 142 valence electrons. The summed E-state index contributed by atoms with van der Waals surface area (Å²) in [6, 6.07) is 16.3. The number of halogens is 1. The van der Waals surface area contributed by atoms with E-state index in [9.17, 15) is 12.8 Å². The normalized spacial score (nSPS) is 11.6. The molecule has 7 nitrogen and oxygen atoms in total. The molecule has 0 fully saturated rings. The van der Waals surface area contributed by atoms with Gasteiger partial charge in [0, 0.05) is 12.1 Å². The van der Waals surface area contributed by atoms with E-state index in [1.807, 2.05) is 0 Å². The predicted octanol–water partition coefficient (Wildman–Crippen LogP) is 2.79. The molecule has 0 amide bonds. The molecule has 2 heterocycles. The smallest absolute Gasteiger partial charge is 0.238 e. The van der Waals surface area contributed by atoms with Crippen molar-refractivity contribution in [1.29, 1.82) is 0 Å². The summed E-state index contributed by atoms with van der Waals surface area (Å²) in [4.78, 5) is 4.32. The van der Waals surface area contributed by atoms with Gasteiger partial charge in [-0.25, -0.2) is 27.4 Å². The van der Waals surface area contributed by atoms with Gasteiger partial charge in [-0.3, -0.25) is 0 Å². The molecule has 2 aromatic carbocycles. The molecule has 4 aromatic rings. The number of anilines is 1. The highest BCUT2D eigenvalue weighted by molar-refractivity contribution is 7.89. The van der Waals surface area contributed by atoms with Crippen molar-refractivity contribution < 1.29 is 12.8 Å². The third kappa shape index (κ3) is 3.57. The molecule has 0 saturated carbocycles. The van der Waals surface area contributed by atoms with Gasteiger partial charge < -0.3 is 5.32 Å². The van der Waals surface area contributed by atoms with Crippen molar-refractivity contribution in [2.45, 2.75) is 11.4 Å². The maximum Gasteiger partial charge on any atom is 0.238 e. The molecule has 9 heteroatoms. The number of nitrogens with one attached hydrogen (secondary N) is 1. The minimum absolute atomic E-state index is 0.0590. The second-order valence-electron chi connectivity index (χ2n) is 6.15. The fraction of sp³-hybridized carbons (Fsp3) is 0.0526. The van der Waals surface area contributed by atoms with Gasteiger partial charge in [0.15, 0.2) is 5.65 Å². The molecule has 0 saturated heterocycles. The molecule has 3 N–H and O–H groups in total. The minimum atomic E-state index is -3.71. The Hall–Kier alpha value is -3.30. The maximum absolute atomic E-state index is 14.1. The van der Waals surface area contributed by atoms with Crippen molar-refractivity contribution in [2.75, 3.05) is 5.32 Å². The van der Waals surface area contributed by atoms with Gasteiger partial charge in [0.2, 0.25) is 10.0 Å². The topological polar surface area (TPSA) is 102 Å². The monoisotopic (exact) mass is 397 g/mol. The number of fused-ring (bicyclic) bond motifs is 1. The van der Waals surface area contributed by atoms with E-state index in [1.54, 1.807) is 53.2 Å². The van der Waals surface area contributed by atoms with Crippen molar-refractivity contribution in [3.05, 3.63) is 78.2 Å². The summed E-state index contributed by atoms with van der Waals surface area (Å²) in [5, 5.41) is 12.7. The van der Waals surface area contributed by atoms with Gasteiger partial charge >= 0.3 is 0 Å². The van der Waals surface area contributed by atoms with E-state index < -0.39 is 10.0 Å². The van der Waals surface area contributed by atoms with Crippen molar-refractivity contribution in [3.8, 4) is 11.3 Å². The highest BCUT2D eigenvalue weighted by Crippen LogP contribution is 2.23. The highest BCUT2D eigenvalue weighted by Gasteiger charge is 2.12. The molecular weight excluding hydrogens is 381 g/mol. The largest absolute Gasteiger partial charge is 0.365 e. The van der Waals surface area contributed by atoms with Crippen LogP contribution < -0.4 is 10.5 Å². The molecule has 0 aliphatic heterocycles. The third-order valence-corrected chi connectivity index (χ3v) is 5.17. The predicted molar refractivity (Wildman–Crippen MR) is 104 cm³/mol. The third-order valence-electron chi connectivity index (χ3n) is 4.24. The average molecular weight is 397 g/mol. The Morgan fingerprint density at radius 2 is 1.79 bits per heavy atom. The van der Waals surface area contributed by atoms with Gasteiger partial charge in [0.1, 0.15) is 11.6 Å². The van der Waals surface area contributed by atoms with Crippen molar-refractivity contribution in [1.82, 2.24) is 14.6 Å². The van der Waals surface area contributed by atoms with Crippen molar-refractivity contribution in [3.63, 3.8) is 0 Å². The molecule has 28 heavy (non-hydrogen) atoms. The van der Waals surface area contributed by atoms with Crippen LogP contribution in [0.25, 0.3) is 16.9 Å². The van der Waals surface area contributed by atoms with Crippen LogP contribution >= 0.6 is 0 Å². The number of sulfonamides is 1. The number of nitrogens with zero attached hydrogens (tertiary/aromatic N) is 3. The zero-order chi connectivity index (χ0) is 19.7. The first-order chi connectivity index (χ1) is 13.4.